The van der Waals surface area contributed by atoms with Crippen molar-refractivity contribution in [2.24, 2.45) is 0 Å². The summed E-state index contributed by atoms with van der Waals surface area (Å²) in [7, 11) is 1.56. The topological polar surface area (TPSA) is 29.5 Å². The van der Waals surface area contributed by atoms with Crippen molar-refractivity contribution < 1.29 is 9.84 Å². The number of aliphatic hydroxyl groups excluding tert-OH is 1. The molecule has 0 fully saturated rings. The highest BCUT2D eigenvalue weighted by atomic mass is 16.5. The SMILES string of the molecule is COCC(O)c1[c]cccc1. The Bertz CT molecular complexity index is 196. The van der Waals surface area contributed by atoms with E-state index in [2.05, 4.69) is 6.07 Å². The minimum atomic E-state index is -0.554. The zero-order chi connectivity index (χ0) is 8.10. The molecule has 0 saturated carbocycles. The minimum absolute atomic E-state index is 0.320. The second kappa shape index (κ2) is 4.11. The van der Waals surface area contributed by atoms with Gasteiger partial charge in [-0.1, -0.05) is 24.3 Å². The first-order valence-electron chi connectivity index (χ1n) is 3.48. The van der Waals surface area contributed by atoms with Crippen molar-refractivity contribution in [1.29, 1.82) is 0 Å². The van der Waals surface area contributed by atoms with Crippen LogP contribution in [0.4, 0.5) is 0 Å². The van der Waals surface area contributed by atoms with Gasteiger partial charge in [-0.2, -0.15) is 0 Å². The maximum absolute atomic E-state index is 9.36. The lowest BCUT2D eigenvalue weighted by Gasteiger charge is -2.07. The Morgan fingerprint density at radius 2 is 2.45 bits per heavy atom. The molecule has 0 heterocycles. The summed E-state index contributed by atoms with van der Waals surface area (Å²) < 4.78 is 4.79. The van der Waals surface area contributed by atoms with Crippen molar-refractivity contribution in [1.82, 2.24) is 0 Å². The van der Waals surface area contributed by atoms with E-state index in [-0.39, 0.29) is 0 Å². The van der Waals surface area contributed by atoms with E-state index in [9.17, 15) is 5.11 Å². The predicted octanol–water partition coefficient (Wildman–Crippen LogP) is 1.17. The molecule has 1 N–H and O–H groups in total. The number of hydrogen-bond acceptors (Lipinski definition) is 2. The van der Waals surface area contributed by atoms with Gasteiger partial charge in [0.05, 0.1) is 6.61 Å². The first-order chi connectivity index (χ1) is 5.34. The lowest BCUT2D eigenvalue weighted by atomic mass is 10.1. The first-order valence-corrected chi connectivity index (χ1v) is 3.48. The van der Waals surface area contributed by atoms with Crippen LogP contribution in [0.1, 0.15) is 11.7 Å². The van der Waals surface area contributed by atoms with E-state index in [1.807, 2.05) is 18.2 Å². The zero-order valence-corrected chi connectivity index (χ0v) is 6.45. The number of aliphatic hydroxyl groups is 1. The van der Waals surface area contributed by atoms with Gasteiger partial charge in [-0.3, -0.25) is 0 Å². The summed E-state index contributed by atoms with van der Waals surface area (Å²) in [4.78, 5) is 0. The van der Waals surface area contributed by atoms with E-state index in [0.717, 1.165) is 5.56 Å². The number of benzene rings is 1. The smallest absolute Gasteiger partial charge is 0.103 e. The lowest BCUT2D eigenvalue weighted by molar-refractivity contribution is 0.0642. The molecule has 1 aromatic rings. The second-order valence-electron chi connectivity index (χ2n) is 2.29. The monoisotopic (exact) mass is 151 g/mol. The highest BCUT2D eigenvalue weighted by molar-refractivity contribution is 5.15. The van der Waals surface area contributed by atoms with Crippen LogP contribution >= 0.6 is 0 Å². The Kier molecular flexibility index (Phi) is 3.08. The van der Waals surface area contributed by atoms with E-state index in [1.165, 1.54) is 0 Å². The summed E-state index contributed by atoms with van der Waals surface area (Å²) in [5, 5.41) is 9.36. The van der Waals surface area contributed by atoms with Crippen LogP contribution in [0.5, 0.6) is 0 Å². The lowest BCUT2D eigenvalue weighted by Crippen LogP contribution is -2.04. The van der Waals surface area contributed by atoms with Gasteiger partial charge >= 0.3 is 0 Å². The average molecular weight is 151 g/mol. The Morgan fingerprint density at radius 1 is 1.64 bits per heavy atom. The third-order valence-corrected chi connectivity index (χ3v) is 1.42. The molecule has 0 saturated heterocycles. The summed E-state index contributed by atoms with van der Waals surface area (Å²) in [6.07, 6.45) is -0.554. The highest BCUT2D eigenvalue weighted by Gasteiger charge is 2.04. The summed E-state index contributed by atoms with van der Waals surface area (Å²) in [5.74, 6) is 0. The van der Waals surface area contributed by atoms with E-state index in [0.29, 0.717) is 6.61 Å². The largest absolute Gasteiger partial charge is 0.386 e. The first kappa shape index (κ1) is 8.24. The molecule has 1 radical (unpaired) electrons. The van der Waals surface area contributed by atoms with Gasteiger partial charge in [0, 0.05) is 7.11 Å². The van der Waals surface area contributed by atoms with Crippen LogP contribution in [0, 0.1) is 6.07 Å². The van der Waals surface area contributed by atoms with Gasteiger partial charge < -0.3 is 9.84 Å². The fourth-order valence-electron chi connectivity index (χ4n) is 0.862. The molecule has 0 aromatic heterocycles. The van der Waals surface area contributed by atoms with Crippen LogP contribution < -0.4 is 0 Å². The van der Waals surface area contributed by atoms with Gasteiger partial charge in [-0.05, 0) is 11.6 Å². The van der Waals surface area contributed by atoms with E-state index in [4.69, 9.17) is 4.74 Å². The Hall–Kier alpha value is -0.860. The van der Waals surface area contributed by atoms with Gasteiger partial charge in [0.1, 0.15) is 6.10 Å². The van der Waals surface area contributed by atoms with E-state index in [1.54, 1.807) is 13.2 Å². The van der Waals surface area contributed by atoms with E-state index < -0.39 is 6.10 Å². The molecule has 11 heavy (non-hydrogen) atoms. The summed E-state index contributed by atoms with van der Waals surface area (Å²) in [5.41, 5.74) is 0.773. The van der Waals surface area contributed by atoms with Crippen molar-refractivity contribution in [3.8, 4) is 0 Å². The molecule has 0 aliphatic heterocycles. The summed E-state index contributed by atoms with van der Waals surface area (Å²) >= 11 is 0. The normalized spacial score (nSPS) is 12.9. The number of methoxy groups -OCH3 is 1. The molecular formula is C9H11O2. The van der Waals surface area contributed by atoms with Gasteiger partial charge in [-0.15, -0.1) is 0 Å². The molecule has 0 aliphatic carbocycles. The second-order valence-corrected chi connectivity index (χ2v) is 2.29. The van der Waals surface area contributed by atoms with Crippen molar-refractivity contribution in [2.75, 3.05) is 13.7 Å². The van der Waals surface area contributed by atoms with Gasteiger partial charge in [0.25, 0.3) is 0 Å². The van der Waals surface area contributed by atoms with Crippen LogP contribution in [0.3, 0.4) is 0 Å². The third kappa shape index (κ3) is 2.33. The molecule has 0 spiro atoms. The molecule has 2 heteroatoms. The number of rotatable bonds is 3. The molecule has 1 aromatic carbocycles. The van der Waals surface area contributed by atoms with Crippen LogP contribution in [-0.4, -0.2) is 18.8 Å². The Balaban J connectivity index is 2.61. The van der Waals surface area contributed by atoms with Gasteiger partial charge in [0.2, 0.25) is 0 Å². The molecule has 0 aliphatic rings. The summed E-state index contributed by atoms with van der Waals surface area (Å²) in [6.45, 7) is 0.320. The number of hydrogen-bond donors (Lipinski definition) is 1. The molecule has 1 atom stereocenters. The molecule has 1 unspecified atom stereocenters. The maximum Gasteiger partial charge on any atom is 0.103 e. The molecular weight excluding hydrogens is 140 g/mol. The van der Waals surface area contributed by atoms with Crippen molar-refractivity contribution in [3.63, 3.8) is 0 Å². The highest BCUT2D eigenvalue weighted by Crippen LogP contribution is 2.10. The van der Waals surface area contributed by atoms with Crippen molar-refractivity contribution in [2.45, 2.75) is 6.10 Å². The number of ether oxygens (including phenoxy) is 1. The van der Waals surface area contributed by atoms with Crippen molar-refractivity contribution >= 4 is 0 Å². The van der Waals surface area contributed by atoms with Crippen LogP contribution in [0.15, 0.2) is 24.3 Å². The molecule has 59 valence electrons. The van der Waals surface area contributed by atoms with Crippen LogP contribution in [0.2, 0.25) is 0 Å². The Morgan fingerprint density at radius 3 is 3.00 bits per heavy atom. The minimum Gasteiger partial charge on any atom is -0.386 e. The molecule has 0 bridgehead atoms. The molecule has 2 nitrogen and oxygen atoms in total. The van der Waals surface area contributed by atoms with Gasteiger partial charge in [-0.25, -0.2) is 0 Å². The van der Waals surface area contributed by atoms with E-state index >= 15 is 0 Å². The van der Waals surface area contributed by atoms with Crippen LogP contribution in [-0.2, 0) is 4.74 Å². The fourth-order valence-corrected chi connectivity index (χ4v) is 0.862. The van der Waals surface area contributed by atoms with Crippen molar-refractivity contribution in [3.05, 3.63) is 35.9 Å². The standard InChI is InChI=1S/C9H11O2/c1-11-7-9(10)8-5-3-2-4-6-8/h2-5,9-10H,7H2,1H3. The molecule has 1 rings (SSSR count). The summed E-state index contributed by atoms with van der Waals surface area (Å²) in [6, 6.07) is 10.2. The zero-order valence-electron chi connectivity index (χ0n) is 6.45. The third-order valence-electron chi connectivity index (χ3n) is 1.42. The maximum atomic E-state index is 9.36. The Labute approximate surface area is 66.4 Å². The fraction of sp³-hybridized carbons (Fsp3) is 0.333. The quantitative estimate of drug-likeness (QED) is 0.702. The predicted molar refractivity (Wildman–Crippen MR) is 42.1 cm³/mol. The molecule has 0 amide bonds. The van der Waals surface area contributed by atoms with Crippen LogP contribution in [0.25, 0.3) is 0 Å². The average Bonchev–Trinajstić information content (AvgIpc) is 2.07. The van der Waals surface area contributed by atoms with Gasteiger partial charge in [0.15, 0.2) is 0 Å².